The number of hydrogen-bond donors (Lipinski definition) is 2. The van der Waals surface area contributed by atoms with E-state index in [4.69, 9.17) is 0 Å². The highest BCUT2D eigenvalue weighted by molar-refractivity contribution is 6.10. The molecule has 2 N–H and O–H groups in total. The number of hydrogen-bond acceptors (Lipinski definition) is 3. The van der Waals surface area contributed by atoms with Gasteiger partial charge in [0.1, 0.15) is 5.69 Å². The van der Waals surface area contributed by atoms with Crippen LogP contribution >= 0.6 is 0 Å². The molecule has 5 aromatic rings. The molecule has 1 aromatic heterocycles. The van der Waals surface area contributed by atoms with Gasteiger partial charge in [0.15, 0.2) is 0 Å². The monoisotopic (exact) mass is 404 g/mol. The quantitative estimate of drug-likeness (QED) is 0.305. The molecule has 0 saturated carbocycles. The minimum absolute atomic E-state index is 0.335. The van der Waals surface area contributed by atoms with E-state index in [-0.39, 0.29) is 5.91 Å². The molecule has 1 heterocycles. The maximum atomic E-state index is 12.7. The van der Waals surface area contributed by atoms with Gasteiger partial charge in [0.25, 0.3) is 5.91 Å². The van der Waals surface area contributed by atoms with Gasteiger partial charge in [0.05, 0.1) is 11.4 Å². The van der Waals surface area contributed by atoms with Gasteiger partial charge in [-0.3, -0.25) is 9.89 Å². The lowest BCUT2D eigenvalue weighted by molar-refractivity contribution is 0.0950. The number of aromatic nitrogens is 2. The Kier molecular flexibility index (Phi) is 4.77. The normalized spacial score (nSPS) is 11.7. The molecule has 0 aliphatic rings. The summed E-state index contributed by atoms with van der Waals surface area (Å²) in [6.07, 6.45) is 0. The molecule has 1 amide bonds. The van der Waals surface area contributed by atoms with Gasteiger partial charge in [-0.05, 0) is 34.5 Å². The minimum Gasteiger partial charge on any atom is -0.272 e. The number of hydrazone groups is 1. The maximum Gasteiger partial charge on any atom is 0.289 e. The van der Waals surface area contributed by atoms with E-state index in [9.17, 15) is 4.79 Å². The summed E-state index contributed by atoms with van der Waals surface area (Å²) >= 11 is 0. The third-order valence-corrected chi connectivity index (χ3v) is 5.39. The number of benzene rings is 4. The summed E-state index contributed by atoms with van der Waals surface area (Å²) in [6.45, 7) is 1.89. The highest BCUT2D eigenvalue weighted by Crippen LogP contribution is 2.27. The Morgan fingerprint density at radius 2 is 1.48 bits per heavy atom. The van der Waals surface area contributed by atoms with Crippen molar-refractivity contribution in [2.24, 2.45) is 5.10 Å². The van der Waals surface area contributed by atoms with Crippen LogP contribution in [0.15, 0.2) is 96.1 Å². The van der Waals surface area contributed by atoms with Crippen LogP contribution in [0, 0.1) is 0 Å². The van der Waals surface area contributed by atoms with Crippen LogP contribution in [0.1, 0.15) is 23.0 Å². The summed E-state index contributed by atoms with van der Waals surface area (Å²) in [5, 5.41) is 16.0. The van der Waals surface area contributed by atoms with Crippen molar-refractivity contribution in [2.75, 3.05) is 0 Å². The molecule has 0 bridgehead atoms. The topological polar surface area (TPSA) is 70.1 Å². The molecule has 31 heavy (non-hydrogen) atoms. The van der Waals surface area contributed by atoms with E-state index in [0.717, 1.165) is 44.1 Å². The number of fused-ring (bicyclic) bond motifs is 2. The first-order valence-electron chi connectivity index (χ1n) is 10.1. The van der Waals surface area contributed by atoms with E-state index in [1.807, 2.05) is 55.5 Å². The fourth-order valence-corrected chi connectivity index (χ4v) is 3.82. The predicted molar refractivity (Wildman–Crippen MR) is 125 cm³/mol. The number of nitrogens with zero attached hydrogens (tertiary/aromatic N) is 2. The summed E-state index contributed by atoms with van der Waals surface area (Å²) in [5.41, 5.74) is 6.42. The Bertz CT molecular complexity index is 1440. The Labute approximate surface area is 179 Å². The molecule has 4 aromatic carbocycles. The van der Waals surface area contributed by atoms with Crippen LogP contribution in [0.5, 0.6) is 0 Å². The largest absolute Gasteiger partial charge is 0.289 e. The van der Waals surface area contributed by atoms with E-state index in [1.165, 1.54) is 0 Å². The van der Waals surface area contributed by atoms with Crippen molar-refractivity contribution in [3.05, 3.63) is 102 Å². The molecule has 150 valence electrons. The predicted octanol–water partition coefficient (Wildman–Crippen LogP) is 5.54. The maximum absolute atomic E-state index is 12.7. The van der Waals surface area contributed by atoms with E-state index in [1.54, 1.807) is 6.07 Å². The summed E-state index contributed by atoms with van der Waals surface area (Å²) in [6, 6.07) is 30.1. The molecule has 0 spiro atoms. The van der Waals surface area contributed by atoms with E-state index in [0.29, 0.717) is 5.69 Å². The first-order chi connectivity index (χ1) is 15.2. The molecule has 5 rings (SSSR count). The van der Waals surface area contributed by atoms with Crippen LogP contribution in [0.4, 0.5) is 0 Å². The molecule has 0 fully saturated rings. The average Bonchev–Trinajstić information content (AvgIpc) is 3.32. The van der Waals surface area contributed by atoms with Crippen molar-refractivity contribution >= 4 is 33.2 Å². The number of carbonyl (C=O) groups is 1. The second-order valence-corrected chi connectivity index (χ2v) is 7.36. The molecule has 0 unspecified atom stereocenters. The summed E-state index contributed by atoms with van der Waals surface area (Å²) in [5.74, 6) is -0.335. The number of amides is 1. The molecule has 0 aliphatic carbocycles. The number of H-pyrrole nitrogens is 1. The Balaban J connectivity index is 1.40. The lowest BCUT2D eigenvalue weighted by Crippen LogP contribution is -2.19. The van der Waals surface area contributed by atoms with Gasteiger partial charge in [-0.15, -0.1) is 0 Å². The fourth-order valence-electron chi connectivity index (χ4n) is 3.82. The summed E-state index contributed by atoms with van der Waals surface area (Å²) in [4.78, 5) is 12.7. The average molecular weight is 404 g/mol. The van der Waals surface area contributed by atoms with E-state index in [2.05, 4.69) is 57.1 Å². The molecule has 0 radical (unpaired) electrons. The molecule has 5 nitrogen and oxygen atoms in total. The lowest BCUT2D eigenvalue weighted by Gasteiger charge is -2.06. The number of carbonyl (C=O) groups excluding carboxylic acids is 1. The summed E-state index contributed by atoms with van der Waals surface area (Å²) < 4.78 is 0. The van der Waals surface area contributed by atoms with Crippen LogP contribution < -0.4 is 5.43 Å². The van der Waals surface area contributed by atoms with Gasteiger partial charge in [0.2, 0.25) is 0 Å². The number of rotatable bonds is 4. The molecule has 5 heteroatoms. The van der Waals surface area contributed by atoms with Gasteiger partial charge in [-0.1, -0.05) is 84.9 Å². The van der Waals surface area contributed by atoms with Crippen LogP contribution in [-0.2, 0) is 0 Å². The zero-order chi connectivity index (χ0) is 21.2. The molecule has 0 atom stereocenters. The minimum atomic E-state index is -0.335. The third kappa shape index (κ3) is 3.57. The zero-order valence-electron chi connectivity index (χ0n) is 17.0. The standard InChI is InChI=1S/C26H20N4O/c1-17(20-14-6-10-18-8-2-4-12-21(18)20)27-30-26(31)25-16-24(28-29-25)23-15-7-11-19-9-3-5-13-22(19)23/h2-16H,1H3,(H,28,29)(H,30,31)/b27-17-. The lowest BCUT2D eigenvalue weighted by atomic mass is 10.0. The van der Waals surface area contributed by atoms with Crippen LogP contribution in [0.25, 0.3) is 32.8 Å². The van der Waals surface area contributed by atoms with Gasteiger partial charge in [-0.25, -0.2) is 5.43 Å². The number of nitrogens with one attached hydrogen (secondary N) is 2. The highest BCUT2D eigenvalue weighted by atomic mass is 16.2. The van der Waals surface area contributed by atoms with Crippen LogP contribution in [0.2, 0.25) is 0 Å². The van der Waals surface area contributed by atoms with Crippen LogP contribution in [0.3, 0.4) is 0 Å². The summed E-state index contributed by atoms with van der Waals surface area (Å²) in [7, 11) is 0. The van der Waals surface area contributed by atoms with Crippen molar-refractivity contribution in [1.82, 2.24) is 15.6 Å². The van der Waals surface area contributed by atoms with Gasteiger partial charge >= 0.3 is 0 Å². The molecular weight excluding hydrogens is 384 g/mol. The van der Waals surface area contributed by atoms with Gasteiger partial charge in [-0.2, -0.15) is 10.2 Å². The van der Waals surface area contributed by atoms with Gasteiger partial charge in [0, 0.05) is 11.1 Å². The first-order valence-corrected chi connectivity index (χ1v) is 10.1. The fraction of sp³-hybridized carbons (Fsp3) is 0.0385. The Hall–Kier alpha value is -4.25. The number of aromatic amines is 1. The molecular formula is C26H20N4O. The van der Waals surface area contributed by atoms with Crippen molar-refractivity contribution in [3.63, 3.8) is 0 Å². The Morgan fingerprint density at radius 3 is 2.29 bits per heavy atom. The second kappa shape index (κ2) is 7.88. The zero-order valence-corrected chi connectivity index (χ0v) is 17.0. The Morgan fingerprint density at radius 1 is 0.839 bits per heavy atom. The third-order valence-electron chi connectivity index (χ3n) is 5.39. The second-order valence-electron chi connectivity index (χ2n) is 7.36. The molecule has 0 saturated heterocycles. The van der Waals surface area contributed by atoms with E-state index < -0.39 is 0 Å². The van der Waals surface area contributed by atoms with Crippen LogP contribution in [-0.4, -0.2) is 21.8 Å². The SMILES string of the molecule is C/C(=N/NC(=O)c1cc(-c2cccc3ccccc23)n[nH]1)c1cccc2ccccc12. The van der Waals surface area contributed by atoms with Gasteiger partial charge < -0.3 is 0 Å². The van der Waals surface area contributed by atoms with E-state index >= 15 is 0 Å². The smallest absolute Gasteiger partial charge is 0.272 e. The first kappa shape index (κ1) is 18.8. The highest BCUT2D eigenvalue weighted by Gasteiger charge is 2.13. The van der Waals surface area contributed by atoms with Crippen molar-refractivity contribution in [1.29, 1.82) is 0 Å². The van der Waals surface area contributed by atoms with Crippen molar-refractivity contribution in [3.8, 4) is 11.3 Å². The molecule has 0 aliphatic heterocycles. The van der Waals surface area contributed by atoms with Crippen molar-refractivity contribution in [2.45, 2.75) is 6.92 Å². The van der Waals surface area contributed by atoms with Crippen molar-refractivity contribution < 1.29 is 4.79 Å².